The van der Waals surface area contributed by atoms with Crippen molar-refractivity contribution < 1.29 is 9.18 Å². The first kappa shape index (κ1) is 22.1. The Morgan fingerprint density at radius 3 is 2.66 bits per heavy atom. The number of aryl methyl sites for hydroxylation is 1. The maximum atomic E-state index is 16.0. The van der Waals surface area contributed by atoms with Crippen LogP contribution in [0.5, 0.6) is 0 Å². The molecule has 2 aromatic heterocycles. The number of hydrogen-bond acceptors (Lipinski definition) is 3. The lowest BCUT2D eigenvalue weighted by Gasteiger charge is -2.33. The van der Waals surface area contributed by atoms with Crippen LogP contribution in [-0.2, 0) is 18.9 Å². The average molecular weight is 464 g/mol. The van der Waals surface area contributed by atoms with E-state index in [0.29, 0.717) is 17.0 Å². The molecular formula is C27H27B2FN4O. The van der Waals surface area contributed by atoms with Crippen molar-refractivity contribution in [3.63, 3.8) is 0 Å². The number of rotatable bonds is 4. The average Bonchev–Trinajstić information content (AvgIpc) is 3.54. The molecule has 1 saturated carbocycles. The minimum Gasteiger partial charge on any atom is -0.339 e. The summed E-state index contributed by atoms with van der Waals surface area (Å²) in [7, 11) is 5.89. The molecule has 0 N–H and O–H groups in total. The summed E-state index contributed by atoms with van der Waals surface area (Å²) in [4.78, 5) is 19.6. The molecule has 0 spiro atoms. The third-order valence-electron chi connectivity index (χ3n) is 7.85. The monoisotopic (exact) mass is 464 g/mol. The zero-order chi connectivity index (χ0) is 24.3. The number of carbonyl (C=O) groups excluding carboxylic acids is 1. The van der Waals surface area contributed by atoms with Crippen molar-refractivity contribution in [3.05, 3.63) is 83.1 Å². The van der Waals surface area contributed by atoms with Gasteiger partial charge in [0.05, 0.1) is 16.8 Å². The third-order valence-corrected chi connectivity index (χ3v) is 7.85. The molecule has 1 aliphatic carbocycles. The Labute approximate surface area is 206 Å². The second kappa shape index (κ2) is 8.08. The highest BCUT2D eigenvalue weighted by molar-refractivity contribution is 6.42. The Bertz CT molecular complexity index is 1480. The van der Waals surface area contributed by atoms with Gasteiger partial charge in [-0.15, -0.1) is 0 Å². The number of fused-ring (bicyclic) bond motifs is 2. The van der Waals surface area contributed by atoms with Gasteiger partial charge in [-0.3, -0.25) is 14.5 Å². The zero-order valence-corrected chi connectivity index (χ0v) is 20.4. The number of benzene rings is 2. The minimum absolute atomic E-state index is 0.0842. The van der Waals surface area contributed by atoms with Gasteiger partial charge < -0.3 is 4.90 Å². The molecule has 4 aromatic rings. The van der Waals surface area contributed by atoms with Crippen LogP contribution in [0.15, 0.2) is 54.9 Å². The zero-order valence-electron chi connectivity index (χ0n) is 20.4. The van der Waals surface area contributed by atoms with Crippen molar-refractivity contribution in [3.8, 4) is 11.1 Å². The van der Waals surface area contributed by atoms with Crippen molar-refractivity contribution in [2.75, 3.05) is 0 Å². The number of pyridine rings is 1. The van der Waals surface area contributed by atoms with E-state index < -0.39 is 5.34 Å². The van der Waals surface area contributed by atoms with Crippen LogP contribution in [0.3, 0.4) is 0 Å². The maximum Gasteiger partial charge on any atom is 0.255 e. The third kappa shape index (κ3) is 3.49. The first-order valence-corrected chi connectivity index (χ1v) is 12.4. The standard InChI is InChI=1S/C27H27B2FN4O/c1-33-14-22-18(8-4-10-24(22)32-33)17-12-20(16-6-2-3-7-16)21(23(30)13-17)15-34-26(35)19-9-5-11-31-25(19)27(34,28)29/h4-5,8-14,16H,2-3,6-7,15,28-29H2,1H3. The maximum absolute atomic E-state index is 16.0. The van der Waals surface area contributed by atoms with Gasteiger partial charge in [0.2, 0.25) is 0 Å². The number of carbonyl (C=O) groups is 1. The molecule has 0 atom stereocenters. The Morgan fingerprint density at radius 1 is 1.11 bits per heavy atom. The van der Waals surface area contributed by atoms with Crippen LogP contribution < -0.4 is 0 Å². The van der Waals surface area contributed by atoms with Crippen LogP contribution in [0.25, 0.3) is 22.0 Å². The van der Waals surface area contributed by atoms with Gasteiger partial charge >= 0.3 is 0 Å². The topological polar surface area (TPSA) is 51.0 Å². The second-order valence-corrected chi connectivity index (χ2v) is 10.4. The molecule has 0 radical (unpaired) electrons. The summed E-state index contributed by atoms with van der Waals surface area (Å²) in [6, 6.07) is 13.4. The highest BCUT2D eigenvalue weighted by atomic mass is 19.1. The Hall–Kier alpha value is -3.41. The van der Waals surface area contributed by atoms with Gasteiger partial charge in [-0.25, -0.2) is 4.39 Å². The Morgan fingerprint density at radius 2 is 1.89 bits per heavy atom. The van der Waals surface area contributed by atoms with Crippen molar-refractivity contribution in [1.82, 2.24) is 19.7 Å². The van der Waals surface area contributed by atoms with E-state index in [1.54, 1.807) is 27.9 Å². The van der Waals surface area contributed by atoms with Gasteiger partial charge in [0, 0.05) is 42.3 Å². The van der Waals surface area contributed by atoms with Gasteiger partial charge in [0.15, 0.2) is 0 Å². The van der Waals surface area contributed by atoms with E-state index >= 15 is 4.39 Å². The summed E-state index contributed by atoms with van der Waals surface area (Å²) < 4.78 is 17.8. The predicted molar refractivity (Wildman–Crippen MR) is 140 cm³/mol. The molecule has 174 valence electrons. The molecule has 5 nitrogen and oxygen atoms in total. The summed E-state index contributed by atoms with van der Waals surface area (Å²) in [5, 5.41) is 4.93. The van der Waals surface area contributed by atoms with Crippen molar-refractivity contribution >= 4 is 32.5 Å². The molecule has 0 saturated heterocycles. The number of nitrogens with zero attached hydrogens (tertiary/aromatic N) is 4. The largest absolute Gasteiger partial charge is 0.339 e. The van der Waals surface area contributed by atoms with Crippen LogP contribution in [0.4, 0.5) is 4.39 Å². The SMILES string of the molecule is BC1(B)c2ncccc2C(=O)N1Cc1c(F)cc(-c2cccc3nn(C)cc23)cc1C1CCCC1. The van der Waals surface area contributed by atoms with E-state index in [9.17, 15) is 4.79 Å². The van der Waals surface area contributed by atoms with Crippen LogP contribution in [-0.4, -0.2) is 41.3 Å². The highest BCUT2D eigenvalue weighted by Gasteiger charge is 2.44. The van der Waals surface area contributed by atoms with Gasteiger partial charge in [-0.2, -0.15) is 5.10 Å². The Balaban J connectivity index is 1.47. The summed E-state index contributed by atoms with van der Waals surface area (Å²) in [5.41, 5.74) is 5.77. The lowest BCUT2D eigenvalue weighted by molar-refractivity contribution is 0.0729. The molecule has 2 aliphatic rings. The first-order valence-electron chi connectivity index (χ1n) is 12.4. The molecular weight excluding hydrogens is 437 g/mol. The van der Waals surface area contributed by atoms with E-state index in [-0.39, 0.29) is 18.3 Å². The molecule has 0 unspecified atom stereocenters. The molecule has 3 heterocycles. The second-order valence-electron chi connectivity index (χ2n) is 10.4. The number of amides is 1. The lowest BCUT2D eigenvalue weighted by Crippen LogP contribution is -2.45. The van der Waals surface area contributed by atoms with E-state index in [2.05, 4.69) is 16.1 Å². The van der Waals surface area contributed by atoms with E-state index in [1.807, 2.05) is 53.2 Å². The molecule has 1 aliphatic heterocycles. The van der Waals surface area contributed by atoms with Crippen LogP contribution >= 0.6 is 0 Å². The molecule has 1 fully saturated rings. The molecule has 0 bridgehead atoms. The highest BCUT2D eigenvalue weighted by Crippen LogP contribution is 2.42. The Kier molecular flexibility index (Phi) is 5.09. The molecule has 6 rings (SSSR count). The van der Waals surface area contributed by atoms with Crippen LogP contribution in [0.1, 0.15) is 58.8 Å². The van der Waals surface area contributed by atoms with Gasteiger partial charge in [-0.1, -0.05) is 31.0 Å². The van der Waals surface area contributed by atoms with Crippen LogP contribution in [0, 0.1) is 5.82 Å². The number of hydrogen-bond donors (Lipinski definition) is 0. The van der Waals surface area contributed by atoms with Gasteiger partial charge in [0.25, 0.3) is 5.91 Å². The van der Waals surface area contributed by atoms with E-state index in [1.165, 1.54) is 0 Å². The number of aromatic nitrogens is 3. The van der Waals surface area contributed by atoms with Crippen LogP contribution in [0.2, 0.25) is 0 Å². The van der Waals surface area contributed by atoms with Crippen molar-refractivity contribution in [1.29, 1.82) is 0 Å². The summed E-state index contributed by atoms with van der Waals surface area (Å²) in [6.45, 7) is 0.233. The first-order chi connectivity index (χ1) is 16.8. The minimum atomic E-state index is -0.604. The number of halogens is 1. The van der Waals surface area contributed by atoms with E-state index in [4.69, 9.17) is 0 Å². The quantitative estimate of drug-likeness (QED) is 0.435. The summed E-state index contributed by atoms with van der Waals surface area (Å²) in [5.74, 6) is -0.0363. The molecule has 2 aromatic carbocycles. The molecule has 8 heteroatoms. The predicted octanol–water partition coefficient (Wildman–Crippen LogP) is 3.46. The van der Waals surface area contributed by atoms with Gasteiger partial charge in [-0.05, 0) is 59.7 Å². The van der Waals surface area contributed by atoms with Crippen molar-refractivity contribution in [2.24, 2.45) is 7.05 Å². The smallest absolute Gasteiger partial charge is 0.255 e. The fourth-order valence-corrected chi connectivity index (χ4v) is 6.01. The molecule has 1 amide bonds. The fourth-order valence-electron chi connectivity index (χ4n) is 6.01. The summed E-state index contributed by atoms with van der Waals surface area (Å²) >= 11 is 0. The lowest BCUT2D eigenvalue weighted by atomic mass is 9.59. The summed E-state index contributed by atoms with van der Waals surface area (Å²) in [6.07, 6.45) is 8.10. The molecule has 35 heavy (non-hydrogen) atoms. The normalized spacial score (nSPS) is 17.4. The fraction of sp³-hybridized carbons (Fsp3) is 0.296. The van der Waals surface area contributed by atoms with Gasteiger partial charge in [0.1, 0.15) is 21.5 Å². The van der Waals surface area contributed by atoms with Crippen molar-refractivity contribution in [2.45, 2.75) is 43.5 Å². The van der Waals surface area contributed by atoms with E-state index in [0.717, 1.165) is 59.0 Å².